The molecule has 1 aromatic carbocycles. The molecule has 2 aliphatic rings. The number of nitrogens with zero attached hydrogens (tertiary/aromatic N) is 1. The first-order valence-electron chi connectivity index (χ1n) is 8.28. The SMILES string of the molecule is CC.O=C(OCc1ccccc1)N1CC2CCCCC2C1. The highest BCUT2D eigenvalue weighted by atomic mass is 16.6. The molecule has 21 heavy (non-hydrogen) atoms. The first kappa shape index (κ1) is 15.9. The predicted molar refractivity (Wildman–Crippen MR) is 85.0 cm³/mol. The van der Waals surface area contributed by atoms with E-state index in [1.165, 1.54) is 25.7 Å². The Hall–Kier alpha value is -1.51. The number of fused-ring (bicyclic) bond motifs is 1. The standard InChI is InChI=1S/C16H21NO2.C2H6/c18-16(19-12-13-6-2-1-3-7-13)17-10-14-8-4-5-9-15(14)11-17;1-2/h1-3,6-7,14-15H,4-5,8-12H2;1-2H3. The summed E-state index contributed by atoms with van der Waals surface area (Å²) in [7, 11) is 0. The van der Waals surface area contributed by atoms with E-state index in [0.29, 0.717) is 6.61 Å². The molecule has 0 radical (unpaired) electrons. The van der Waals surface area contributed by atoms with Gasteiger partial charge in [-0.05, 0) is 30.2 Å². The maximum atomic E-state index is 12.1. The molecule has 2 atom stereocenters. The number of carbonyl (C=O) groups is 1. The summed E-state index contributed by atoms with van der Waals surface area (Å²) in [5, 5.41) is 0. The van der Waals surface area contributed by atoms with E-state index in [9.17, 15) is 4.79 Å². The molecule has 3 rings (SSSR count). The van der Waals surface area contributed by atoms with Crippen molar-refractivity contribution in [3.63, 3.8) is 0 Å². The van der Waals surface area contributed by atoms with E-state index < -0.39 is 0 Å². The van der Waals surface area contributed by atoms with Crippen molar-refractivity contribution in [1.29, 1.82) is 0 Å². The average Bonchev–Trinajstić information content (AvgIpc) is 2.99. The molecule has 1 saturated heterocycles. The summed E-state index contributed by atoms with van der Waals surface area (Å²) in [6.07, 6.45) is 5.08. The minimum atomic E-state index is -0.141. The van der Waals surface area contributed by atoms with Crippen LogP contribution in [0.4, 0.5) is 4.79 Å². The van der Waals surface area contributed by atoms with Crippen LogP contribution in [0.3, 0.4) is 0 Å². The van der Waals surface area contributed by atoms with Crippen molar-refractivity contribution in [2.45, 2.75) is 46.1 Å². The minimum absolute atomic E-state index is 0.141. The fraction of sp³-hybridized carbons (Fsp3) is 0.611. The molecule has 116 valence electrons. The Balaban J connectivity index is 0.000000774. The topological polar surface area (TPSA) is 29.5 Å². The number of amides is 1. The number of ether oxygens (including phenoxy) is 1. The lowest BCUT2D eigenvalue weighted by molar-refractivity contribution is 0.102. The van der Waals surface area contributed by atoms with E-state index in [0.717, 1.165) is 30.5 Å². The van der Waals surface area contributed by atoms with Crippen LogP contribution in [0.2, 0.25) is 0 Å². The second kappa shape index (κ2) is 8.06. The molecule has 0 spiro atoms. The van der Waals surface area contributed by atoms with Gasteiger partial charge in [0, 0.05) is 13.1 Å². The maximum absolute atomic E-state index is 12.1. The van der Waals surface area contributed by atoms with E-state index in [1.807, 2.05) is 49.1 Å². The highest BCUT2D eigenvalue weighted by molar-refractivity contribution is 5.68. The van der Waals surface area contributed by atoms with Gasteiger partial charge >= 0.3 is 6.09 Å². The van der Waals surface area contributed by atoms with E-state index in [4.69, 9.17) is 4.74 Å². The van der Waals surface area contributed by atoms with Crippen LogP contribution in [0, 0.1) is 11.8 Å². The number of carbonyl (C=O) groups excluding carboxylic acids is 1. The van der Waals surface area contributed by atoms with Crippen molar-refractivity contribution < 1.29 is 9.53 Å². The normalized spacial score (nSPS) is 23.8. The molecule has 2 fully saturated rings. The van der Waals surface area contributed by atoms with Crippen LogP contribution < -0.4 is 0 Å². The van der Waals surface area contributed by atoms with Crippen LogP contribution in [0.5, 0.6) is 0 Å². The molecule has 1 saturated carbocycles. The Kier molecular flexibility index (Phi) is 6.09. The molecule has 0 bridgehead atoms. The summed E-state index contributed by atoms with van der Waals surface area (Å²) >= 11 is 0. The lowest BCUT2D eigenvalue weighted by Gasteiger charge is -2.22. The Morgan fingerprint density at radius 2 is 1.67 bits per heavy atom. The molecule has 2 unspecified atom stereocenters. The van der Waals surface area contributed by atoms with Gasteiger partial charge in [0.15, 0.2) is 0 Å². The Morgan fingerprint density at radius 3 is 2.24 bits per heavy atom. The second-order valence-electron chi connectivity index (χ2n) is 5.75. The first-order valence-corrected chi connectivity index (χ1v) is 8.28. The van der Waals surface area contributed by atoms with Crippen molar-refractivity contribution in [2.24, 2.45) is 11.8 Å². The molecule has 1 aromatic rings. The van der Waals surface area contributed by atoms with Gasteiger partial charge in [0.25, 0.3) is 0 Å². The summed E-state index contributed by atoms with van der Waals surface area (Å²) in [5.41, 5.74) is 1.05. The maximum Gasteiger partial charge on any atom is 0.410 e. The summed E-state index contributed by atoms with van der Waals surface area (Å²) in [6.45, 7) is 6.18. The fourth-order valence-corrected chi connectivity index (χ4v) is 3.37. The molecule has 3 heteroatoms. The average molecular weight is 289 g/mol. The Labute approximate surface area is 128 Å². The van der Waals surface area contributed by atoms with Crippen LogP contribution in [-0.4, -0.2) is 24.1 Å². The van der Waals surface area contributed by atoms with Crippen LogP contribution in [-0.2, 0) is 11.3 Å². The van der Waals surface area contributed by atoms with Crippen LogP contribution in [0.1, 0.15) is 45.1 Å². The number of likely N-dealkylation sites (tertiary alicyclic amines) is 1. The highest BCUT2D eigenvalue weighted by Gasteiger charge is 2.36. The van der Waals surface area contributed by atoms with Gasteiger partial charge in [-0.3, -0.25) is 0 Å². The van der Waals surface area contributed by atoms with Crippen LogP contribution in [0.15, 0.2) is 30.3 Å². The van der Waals surface area contributed by atoms with Crippen molar-refractivity contribution in [3.8, 4) is 0 Å². The predicted octanol–water partition coefficient (Wildman–Crippen LogP) is 4.47. The molecule has 1 aliphatic carbocycles. The Morgan fingerprint density at radius 1 is 1.10 bits per heavy atom. The highest BCUT2D eigenvalue weighted by Crippen LogP contribution is 2.36. The van der Waals surface area contributed by atoms with Gasteiger partial charge < -0.3 is 9.64 Å². The van der Waals surface area contributed by atoms with Crippen molar-refractivity contribution in [2.75, 3.05) is 13.1 Å². The first-order chi connectivity index (χ1) is 10.3. The molecule has 1 aliphatic heterocycles. The van der Waals surface area contributed by atoms with Gasteiger partial charge in [0.05, 0.1) is 0 Å². The summed E-state index contributed by atoms with van der Waals surface area (Å²) in [4.78, 5) is 14.0. The Bertz CT molecular complexity index is 418. The second-order valence-corrected chi connectivity index (χ2v) is 5.75. The van der Waals surface area contributed by atoms with Crippen LogP contribution in [0.25, 0.3) is 0 Å². The lowest BCUT2D eigenvalue weighted by atomic mass is 9.82. The van der Waals surface area contributed by atoms with Gasteiger partial charge in [-0.1, -0.05) is 57.0 Å². The zero-order valence-corrected chi connectivity index (χ0v) is 13.3. The molecule has 1 heterocycles. The number of hydrogen-bond donors (Lipinski definition) is 0. The largest absolute Gasteiger partial charge is 0.445 e. The summed E-state index contributed by atoms with van der Waals surface area (Å²) in [6, 6.07) is 9.87. The van der Waals surface area contributed by atoms with Gasteiger partial charge in [-0.15, -0.1) is 0 Å². The monoisotopic (exact) mass is 289 g/mol. The van der Waals surface area contributed by atoms with E-state index in [1.54, 1.807) is 0 Å². The van der Waals surface area contributed by atoms with Gasteiger partial charge in [0.1, 0.15) is 6.61 Å². The van der Waals surface area contributed by atoms with E-state index in [2.05, 4.69) is 0 Å². The van der Waals surface area contributed by atoms with Crippen LogP contribution >= 0.6 is 0 Å². The van der Waals surface area contributed by atoms with Crippen molar-refractivity contribution in [3.05, 3.63) is 35.9 Å². The smallest absolute Gasteiger partial charge is 0.410 e. The zero-order valence-electron chi connectivity index (χ0n) is 13.3. The zero-order chi connectivity index (χ0) is 15.1. The van der Waals surface area contributed by atoms with Gasteiger partial charge in [-0.2, -0.15) is 0 Å². The fourth-order valence-electron chi connectivity index (χ4n) is 3.37. The molecular weight excluding hydrogens is 262 g/mol. The number of rotatable bonds is 2. The van der Waals surface area contributed by atoms with Crippen molar-refractivity contribution >= 4 is 6.09 Å². The number of hydrogen-bond acceptors (Lipinski definition) is 2. The third kappa shape index (κ3) is 4.23. The summed E-state index contributed by atoms with van der Waals surface area (Å²) in [5.74, 6) is 1.44. The minimum Gasteiger partial charge on any atom is -0.445 e. The molecule has 0 N–H and O–H groups in total. The quantitative estimate of drug-likeness (QED) is 0.804. The molecule has 1 amide bonds. The summed E-state index contributed by atoms with van der Waals surface area (Å²) < 4.78 is 5.41. The lowest BCUT2D eigenvalue weighted by Crippen LogP contribution is -2.29. The van der Waals surface area contributed by atoms with Gasteiger partial charge in [0.2, 0.25) is 0 Å². The number of benzene rings is 1. The molecule has 0 aromatic heterocycles. The van der Waals surface area contributed by atoms with E-state index >= 15 is 0 Å². The third-order valence-electron chi connectivity index (χ3n) is 4.44. The molecular formula is C18H27NO2. The van der Waals surface area contributed by atoms with Crippen molar-refractivity contribution in [1.82, 2.24) is 4.90 Å². The van der Waals surface area contributed by atoms with Gasteiger partial charge in [-0.25, -0.2) is 4.79 Å². The third-order valence-corrected chi connectivity index (χ3v) is 4.44. The molecule has 3 nitrogen and oxygen atoms in total. The van der Waals surface area contributed by atoms with E-state index in [-0.39, 0.29) is 6.09 Å².